The molecule has 1 aromatic carbocycles. The highest BCUT2D eigenvalue weighted by Gasteiger charge is 2.39. The van der Waals surface area contributed by atoms with Crippen LogP contribution >= 0.6 is 15.9 Å². The zero-order valence-corrected chi connectivity index (χ0v) is 14.5. The van der Waals surface area contributed by atoms with Gasteiger partial charge in [0.2, 0.25) is 11.8 Å². The van der Waals surface area contributed by atoms with E-state index in [-0.39, 0.29) is 18.0 Å². The first-order valence-electron chi connectivity index (χ1n) is 7.69. The smallest absolute Gasteiger partial charge is 0.238 e. The molecule has 0 aliphatic heterocycles. The minimum Gasteiger partial charge on any atom is -0.340 e. The fourth-order valence-electron chi connectivity index (χ4n) is 2.94. The van der Waals surface area contributed by atoms with Crippen LogP contribution in [-0.4, -0.2) is 22.6 Å². The summed E-state index contributed by atoms with van der Waals surface area (Å²) in [5.74, 6) is 1.12. The summed E-state index contributed by atoms with van der Waals surface area (Å²) < 4.78 is 6.09. The first kappa shape index (κ1) is 16.1. The van der Waals surface area contributed by atoms with Gasteiger partial charge in [-0.15, -0.1) is 0 Å². The third-order valence-electron chi connectivity index (χ3n) is 4.13. The number of benzene rings is 1. The number of hydrogen-bond donors (Lipinski definition) is 2. The van der Waals surface area contributed by atoms with E-state index in [2.05, 4.69) is 36.7 Å². The van der Waals surface area contributed by atoms with Gasteiger partial charge >= 0.3 is 0 Å². The van der Waals surface area contributed by atoms with Gasteiger partial charge in [0, 0.05) is 17.1 Å². The van der Waals surface area contributed by atoms with Gasteiger partial charge in [0.05, 0.1) is 12.1 Å². The third-order valence-corrected chi connectivity index (χ3v) is 4.66. The van der Waals surface area contributed by atoms with Gasteiger partial charge in [-0.25, -0.2) is 0 Å². The zero-order chi connectivity index (χ0) is 16.3. The molecule has 1 fully saturated rings. The van der Waals surface area contributed by atoms with E-state index >= 15 is 0 Å². The summed E-state index contributed by atoms with van der Waals surface area (Å²) in [5, 5.41) is 10.3. The van der Waals surface area contributed by atoms with Crippen LogP contribution in [0.3, 0.4) is 0 Å². The maximum absolute atomic E-state index is 12.2. The minimum absolute atomic E-state index is 0.0844. The third kappa shape index (κ3) is 3.79. The fraction of sp³-hybridized carbons (Fsp3) is 0.438. The number of rotatable bonds is 5. The molecule has 122 valence electrons. The molecule has 0 spiro atoms. The van der Waals surface area contributed by atoms with E-state index in [1.807, 2.05) is 24.3 Å². The van der Waals surface area contributed by atoms with Crippen molar-refractivity contribution in [3.05, 3.63) is 40.5 Å². The predicted molar refractivity (Wildman–Crippen MR) is 90.0 cm³/mol. The second-order valence-electron chi connectivity index (χ2n) is 5.83. The molecule has 0 saturated heterocycles. The normalized spacial score (nSPS) is 16.4. The molecule has 1 aliphatic carbocycles. The number of nitrogens with one attached hydrogen (secondary N) is 2. The molecular formula is C16H19BrN4O2. The lowest BCUT2D eigenvalue weighted by Crippen LogP contribution is -2.44. The van der Waals surface area contributed by atoms with E-state index in [1.165, 1.54) is 0 Å². The van der Waals surface area contributed by atoms with E-state index in [1.54, 1.807) is 6.92 Å². The number of anilines is 1. The molecule has 0 unspecified atom stereocenters. The van der Waals surface area contributed by atoms with E-state index in [9.17, 15) is 4.79 Å². The first-order valence-corrected chi connectivity index (χ1v) is 8.48. The van der Waals surface area contributed by atoms with Gasteiger partial charge in [-0.3, -0.25) is 10.1 Å². The molecular weight excluding hydrogens is 360 g/mol. The van der Waals surface area contributed by atoms with Gasteiger partial charge in [0.1, 0.15) is 0 Å². The quantitative estimate of drug-likeness (QED) is 0.835. The number of aryl methyl sites for hydroxylation is 1. The highest BCUT2D eigenvalue weighted by molar-refractivity contribution is 9.10. The summed E-state index contributed by atoms with van der Waals surface area (Å²) in [4.78, 5) is 16.5. The zero-order valence-electron chi connectivity index (χ0n) is 12.9. The van der Waals surface area contributed by atoms with Crippen LogP contribution in [0.2, 0.25) is 0 Å². The number of amides is 1. The number of nitrogens with zero attached hydrogens (tertiary/aromatic N) is 2. The predicted octanol–water partition coefficient (Wildman–Crippen LogP) is 3.14. The first-order chi connectivity index (χ1) is 11.1. The van der Waals surface area contributed by atoms with Crippen molar-refractivity contribution in [2.45, 2.75) is 38.1 Å². The minimum atomic E-state index is -0.352. The average Bonchev–Trinajstić information content (AvgIpc) is 3.17. The Morgan fingerprint density at radius 2 is 2.00 bits per heavy atom. The highest BCUT2D eigenvalue weighted by Crippen LogP contribution is 2.37. The van der Waals surface area contributed by atoms with Crippen molar-refractivity contribution < 1.29 is 9.32 Å². The summed E-state index contributed by atoms with van der Waals surface area (Å²) in [5.41, 5.74) is 0.422. The number of carbonyl (C=O) groups excluding carboxylic acids is 1. The summed E-state index contributed by atoms with van der Waals surface area (Å²) >= 11 is 3.37. The summed E-state index contributed by atoms with van der Waals surface area (Å²) in [6, 6.07) is 7.50. The van der Waals surface area contributed by atoms with Crippen LogP contribution in [0.5, 0.6) is 0 Å². The fourth-order valence-corrected chi connectivity index (χ4v) is 3.20. The maximum Gasteiger partial charge on any atom is 0.238 e. The van der Waals surface area contributed by atoms with Gasteiger partial charge in [0.15, 0.2) is 5.82 Å². The Morgan fingerprint density at radius 1 is 1.30 bits per heavy atom. The molecule has 1 amide bonds. The van der Waals surface area contributed by atoms with Crippen LogP contribution in [-0.2, 0) is 10.3 Å². The van der Waals surface area contributed by atoms with Gasteiger partial charge in [-0.05, 0) is 37.1 Å². The average molecular weight is 379 g/mol. The molecule has 2 N–H and O–H groups in total. The molecule has 6 nitrogen and oxygen atoms in total. The Hall–Kier alpha value is -1.73. The monoisotopic (exact) mass is 378 g/mol. The van der Waals surface area contributed by atoms with Crippen molar-refractivity contribution in [3.63, 3.8) is 0 Å². The molecule has 0 atom stereocenters. The van der Waals surface area contributed by atoms with Crippen LogP contribution in [0.25, 0.3) is 0 Å². The lowest BCUT2D eigenvalue weighted by Gasteiger charge is -2.26. The highest BCUT2D eigenvalue weighted by atomic mass is 79.9. The van der Waals surface area contributed by atoms with Crippen molar-refractivity contribution in [3.8, 4) is 0 Å². The van der Waals surface area contributed by atoms with E-state index < -0.39 is 0 Å². The molecule has 1 heterocycles. The van der Waals surface area contributed by atoms with Crippen LogP contribution < -0.4 is 10.6 Å². The molecule has 23 heavy (non-hydrogen) atoms. The number of carbonyl (C=O) groups is 1. The van der Waals surface area contributed by atoms with E-state index in [0.29, 0.717) is 11.7 Å². The molecule has 0 radical (unpaired) electrons. The van der Waals surface area contributed by atoms with E-state index in [0.717, 1.165) is 35.8 Å². The van der Waals surface area contributed by atoms with Crippen LogP contribution in [0.4, 0.5) is 5.69 Å². The standard InChI is InChI=1S/C16H19BrN4O2/c1-11-19-15(21-23-11)16(8-2-3-9-16)18-10-14(22)20-13-6-4-12(17)5-7-13/h4-7,18H,2-3,8-10H2,1H3,(H,20,22). The topological polar surface area (TPSA) is 80.0 Å². The molecule has 1 saturated carbocycles. The van der Waals surface area contributed by atoms with E-state index in [4.69, 9.17) is 4.52 Å². The number of halogens is 1. The second kappa shape index (κ2) is 6.80. The molecule has 2 aromatic rings. The van der Waals surface area contributed by atoms with Crippen molar-refractivity contribution >= 4 is 27.5 Å². The lowest BCUT2D eigenvalue weighted by molar-refractivity contribution is -0.115. The molecule has 7 heteroatoms. The maximum atomic E-state index is 12.2. The Kier molecular flexibility index (Phi) is 4.77. The van der Waals surface area contributed by atoms with Crippen molar-refractivity contribution in [1.29, 1.82) is 0 Å². The number of aromatic nitrogens is 2. The lowest BCUT2D eigenvalue weighted by atomic mass is 9.96. The molecule has 1 aliphatic rings. The summed E-state index contributed by atoms with van der Waals surface area (Å²) in [6.07, 6.45) is 4.01. The van der Waals surface area contributed by atoms with Crippen molar-refractivity contribution in [2.24, 2.45) is 0 Å². The Bertz CT molecular complexity index is 678. The summed E-state index contributed by atoms with van der Waals surface area (Å²) in [7, 11) is 0. The van der Waals surface area contributed by atoms with Crippen molar-refractivity contribution in [1.82, 2.24) is 15.5 Å². The van der Waals surface area contributed by atoms with Gasteiger partial charge in [-0.1, -0.05) is 33.9 Å². The Morgan fingerprint density at radius 3 is 2.61 bits per heavy atom. The van der Waals surface area contributed by atoms with Crippen molar-refractivity contribution in [2.75, 3.05) is 11.9 Å². The van der Waals surface area contributed by atoms with Gasteiger partial charge in [0.25, 0.3) is 0 Å². The summed E-state index contributed by atoms with van der Waals surface area (Å²) in [6.45, 7) is 1.99. The second-order valence-corrected chi connectivity index (χ2v) is 6.75. The molecule has 1 aromatic heterocycles. The van der Waals surface area contributed by atoms with Crippen LogP contribution in [0, 0.1) is 6.92 Å². The Balaban J connectivity index is 1.63. The van der Waals surface area contributed by atoms with Crippen LogP contribution in [0.15, 0.2) is 33.3 Å². The van der Waals surface area contributed by atoms with Gasteiger partial charge < -0.3 is 9.84 Å². The molecule has 0 bridgehead atoms. The SMILES string of the molecule is Cc1nc(C2(NCC(=O)Nc3ccc(Br)cc3)CCCC2)no1. The van der Waals surface area contributed by atoms with Gasteiger partial charge in [-0.2, -0.15) is 4.98 Å². The molecule has 3 rings (SSSR count). The number of hydrogen-bond acceptors (Lipinski definition) is 5. The largest absolute Gasteiger partial charge is 0.340 e. The van der Waals surface area contributed by atoms with Crippen LogP contribution in [0.1, 0.15) is 37.4 Å². The Labute approximate surface area is 143 Å².